The molecule has 2 fully saturated rings. The summed E-state index contributed by atoms with van der Waals surface area (Å²) in [6, 6.07) is 0.549. The summed E-state index contributed by atoms with van der Waals surface area (Å²) in [5.41, 5.74) is 7.15. The van der Waals surface area contributed by atoms with E-state index in [2.05, 4.69) is 23.8 Å². The topological polar surface area (TPSA) is 45.4 Å². The van der Waals surface area contributed by atoms with Gasteiger partial charge in [-0.05, 0) is 26.8 Å². The van der Waals surface area contributed by atoms with E-state index in [1.54, 1.807) is 0 Å². The Morgan fingerprint density at radius 1 is 1.39 bits per heavy atom. The minimum atomic E-state index is 0.549. The van der Waals surface area contributed by atoms with Gasteiger partial charge in [0.25, 0.3) is 0 Å². The number of likely N-dealkylation sites (N-methyl/N-ethyl adjacent to an activating group) is 1. The first-order valence-corrected chi connectivity index (χ1v) is 7.65. The highest BCUT2D eigenvalue weighted by atomic mass is 32.1. The normalized spacial score (nSPS) is 25.7. The maximum Gasteiger partial charge on any atom is 0.186 e. The first kappa shape index (κ1) is 12.4. The van der Waals surface area contributed by atoms with Gasteiger partial charge in [0, 0.05) is 43.0 Å². The monoisotopic (exact) mass is 266 g/mol. The molecule has 5 heteroatoms. The van der Waals surface area contributed by atoms with Gasteiger partial charge in [0.05, 0.1) is 5.69 Å². The van der Waals surface area contributed by atoms with Gasteiger partial charge in [0.2, 0.25) is 0 Å². The second kappa shape index (κ2) is 4.79. The Morgan fingerprint density at radius 2 is 2.17 bits per heavy atom. The van der Waals surface area contributed by atoms with E-state index in [9.17, 15) is 0 Å². The molecule has 100 valence electrons. The van der Waals surface area contributed by atoms with Gasteiger partial charge in [0.1, 0.15) is 0 Å². The van der Waals surface area contributed by atoms with Crippen LogP contribution in [0.3, 0.4) is 0 Å². The molecule has 4 nitrogen and oxygen atoms in total. The summed E-state index contributed by atoms with van der Waals surface area (Å²) in [6.07, 6.45) is 2.60. The van der Waals surface area contributed by atoms with E-state index >= 15 is 0 Å². The average molecular weight is 266 g/mol. The largest absolute Gasteiger partial charge is 0.343 e. The van der Waals surface area contributed by atoms with E-state index in [1.165, 1.54) is 28.5 Å². The van der Waals surface area contributed by atoms with Crippen molar-refractivity contribution in [3.63, 3.8) is 0 Å². The first-order valence-electron chi connectivity index (χ1n) is 6.84. The lowest BCUT2D eigenvalue weighted by molar-refractivity contribution is 0.275. The Morgan fingerprint density at radius 3 is 2.78 bits per heavy atom. The van der Waals surface area contributed by atoms with E-state index in [4.69, 9.17) is 10.7 Å². The van der Waals surface area contributed by atoms with Crippen LogP contribution < -0.4 is 10.6 Å². The standard InChI is InChI=1S/C13H22N4S/c1-9-8-16(2)5-6-17(9)13-15-12(10-3-4-10)11(7-14)18-13/h9-10H,3-8,14H2,1-2H3. The minimum Gasteiger partial charge on any atom is -0.343 e. The Labute approximate surface area is 113 Å². The molecular formula is C13H22N4S. The van der Waals surface area contributed by atoms with Crippen LogP contribution in [0.1, 0.15) is 36.3 Å². The second-order valence-corrected chi connectivity index (χ2v) is 6.65. The van der Waals surface area contributed by atoms with Gasteiger partial charge >= 0.3 is 0 Å². The number of piperazine rings is 1. The van der Waals surface area contributed by atoms with E-state index in [0.29, 0.717) is 18.5 Å². The number of hydrogen-bond donors (Lipinski definition) is 1. The molecule has 18 heavy (non-hydrogen) atoms. The number of nitrogens with two attached hydrogens (primary N) is 1. The van der Waals surface area contributed by atoms with Crippen molar-refractivity contribution in [2.24, 2.45) is 5.73 Å². The van der Waals surface area contributed by atoms with Crippen molar-refractivity contribution in [2.75, 3.05) is 31.6 Å². The predicted octanol–water partition coefficient (Wildman–Crippen LogP) is 1.62. The molecule has 1 saturated heterocycles. The predicted molar refractivity (Wildman–Crippen MR) is 76.3 cm³/mol. The summed E-state index contributed by atoms with van der Waals surface area (Å²) in [5, 5.41) is 1.19. The van der Waals surface area contributed by atoms with Gasteiger partial charge in [-0.15, -0.1) is 11.3 Å². The van der Waals surface area contributed by atoms with E-state index in [-0.39, 0.29) is 0 Å². The van der Waals surface area contributed by atoms with Crippen molar-refractivity contribution in [3.8, 4) is 0 Å². The molecule has 0 radical (unpaired) electrons. The molecular weight excluding hydrogens is 244 g/mol. The zero-order valence-electron chi connectivity index (χ0n) is 11.2. The molecule has 1 atom stereocenters. The van der Waals surface area contributed by atoms with Gasteiger partial charge < -0.3 is 15.5 Å². The minimum absolute atomic E-state index is 0.549. The van der Waals surface area contributed by atoms with Crippen LogP contribution in [0.4, 0.5) is 5.13 Å². The highest BCUT2D eigenvalue weighted by Gasteiger charge is 2.31. The fourth-order valence-corrected chi connectivity index (χ4v) is 3.87. The summed E-state index contributed by atoms with van der Waals surface area (Å²) < 4.78 is 0. The van der Waals surface area contributed by atoms with Crippen molar-refractivity contribution >= 4 is 16.5 Å². The third kappa shape index (κ3) is 2.27. The van der Waals surface area contributed by atoms with Gasteiger partial charge in [-0.2, -0.15) is 0 Å². The van der Waals surface area contributed by atoms with Crippen molar-refractivity contribution < 1.29 is 0 Å². The molecule has 1 aliphatic heterocycles. The average Bonchev–Trinajstić information content (AvgIpc) is 3.10. The molecule has 2 N–H and O–H groups in total. The Balaban J connectivity index is 1.83. The van der Waals surface area contributed by atoms with Crippen LogP contribution in [0.25, 0.3) is 0 Å². The summed E-state index contributed by atoms with van der Waals surface area (Å²) in [7, 11) is 2.19. The Hall–Kier alpha value is -0.650. The fourth-order valence-electron chi connectivity index (χ4n) is 2.72. The molecule has 3 rings (SSSR count). The zero-order chi connectivity index (χ0) is 12.7. The second-order valence-electron chi connectivity index (χ2n) is 5.59. The highest BCUT2D eigenvalue weighted by molar-refractivity contribution is 7.15. The van der Waals surface area contributed by atoms with Crippen LogP contribution in [0.5, 0.6) is 0 Å². The van der Waals surface area contributed by atoms with Crippen molar-refractivity contribution in [1.29, 1.82) is 0 Å². The molecule has 1 aromatic heterocycles. The molecule has 1 saturated carbocycles. The summed E-state index contributed by atoms with van der Waals surface area (Å²) in [6.45, 7) is 6.26. The number of hydrogen-bond acceptors (Lipinski definition) is 5. The van der Waals surface area contributed by atoms with Gasteiger partial charge in [-0.25, -0.2) is 4.98 Å². The third-order valence-corrected chi connectivity index (χ3v) is 5.07. The zero-order valence-corrected chi connectivity index (χ0v) is 12.0. The lowest BCUT2D eigenvalue weighted by Gasteiger charge is -2.38. The Bertz CT molecular complexity index is 427. The Kier molecular flexibility index (Phi) is 3.30. The van der Waals surface area contributed by atoms with Crippen molar-refractivity contribution in [3.05, 3.63) is 10.6 Å². The summed E-state index contributed by atoms with van der Waals surface area (Å²) in [4.78, 5) is 11.0. The highest BCUT2D eigenvalue weighted by Crippen LogP contribution is 2.44. The van der Waals surface area contributed by atoms with E-state index < -0.39 is 0 Å². The lowest BCUT2D eigenvalue weighted by atomic mass is 10.2. The SMILES string of the molecule is CC1CN(C)CCN1c1nc(C2CC2)c(CN)s1. The van der Waals surface area contributed by atoms with Crippen LogP contribution in [-0.2, 0) is 6.54 Å². The number of aromatic nitrogens is 1. The van der Waals surface area contributed by atoms with Crippen molar-refractivity contribution in [2.45, 2.75) is 38.3 Å². The quantitative estimate of drug-likeness (QED) is 0.903. The van der Waals surface area contributed by atoms with Crippen LogP contribution in [0.15, 0.2) is 0 Å². The molecule has 1 aromatic rings. The number of thiazole rings is 1. The summed E-state index contributed by atoms with van der Waals surface area (Å²) >= 11 is 1.81. The lowest BCUT2D eigenvalue weighted by Crippen LogP contribution is -2.50. The van der Waals surface area contributed by atoms with E-state index in [0.717, 1.165) is 19.6 Å². The van der Waals surface area contributed by atoms with Gasteiger partial charge in [-0.1, -0.05) is 0 Å². The van der Waals surface area contributed by atoms with Gasteiger partial charge in [0.15, 0.2) is 5.13 Å². The number of anilines is 1. The molecule has 0 bridgehead atoms. The van der Waals surface area contributed by atoms with Crippen LogP contribution in [-0.4, -0.2) is 42.6 Å². The molecule has 2 heterocycles. The van der Waals surface area contributed by atoms with Crippen molar-refractivity contribution in [1.82, 2.24) is 9.88 Å². The smallest absolute Gasteiger partial charge is 0.186 e. The molecule has 1 aliphatic carbocycles. The first-order chi connectivity index (χ1) is 8.69. The molecule has 0 spiro atoms. The number of rotatable bonds is 3. The maximum atomic E-state index is 5.86. The molecule has 2 aliphatic rings. The number of nitrogens with zero attached hydrogens (tertiary/aromatic N) is 3. The van der Waals surface area contributed by atoms with Crippen LogP contribution >= 0.6 is 11.3 Å². The maximum absolute atomic E-state index is 5.86. The molecule has 0 amide bonds. The fraction of sp³-hybridized carbons (Fsp3) is 0.769. The van der Waals surface area contributed by atoms with Gasteiger partial charge in [-0.3, -0.25) is 0 Å². The van der Waals surface area contributed by atoms with Crippen LogP contribution in [0.2, 0.25) is 0 Å². The summed E-state index contributed by atoms with van der Waals surface area (Å²) in [5.74, 6) is 0.705. The van der Waals surface area contributed by atoms with Crippen LogP contribution in [0, 0.1) is 0 Å². The molecule has 1 unspecified atom stereocenters. The van der Waals surface area contributed by atoms with E-state index in [1.807, 2.05) is 11.3 Å². The third-order valence-electron chi connectivity index (χ3n) is 3.94. The molecule has 0 aromatic carbocycles.